The number of hydrogen-bond acceptors (Lipinski definition) is 6. The van der Waals surface area contributed by atoms with Crippen LogP contribution < -0.4 is 10.6 Å². The van der Waals surface area contributed by atoms with Gasteiger partial charge in [-0.05, 0) is 53.4 Å². The summed E-state index contributed by atoms with van der Waals surface area (Å²) in [6, 6.07) is -1.54. The Kier molecular flexibility index (Phi) is 12.7. The first-order chi connectivity index (χ1) is 16.0. The number of likely N-dealkylation sites (tertiary alicyclic amines) is 1. The standard InChI is InChI=1S/C25H43N3O6/c1-7-9-10-11-12-14-18(3)21(23(31)33-8-2)27-22(30)19-15-13-16-28(19)20(29)17-26-24(32)34-25(4,5)6/h12,14,18-19,21H,7-11,13,15-17H2,1-6H3,(H,26,32)(H,27,30)/b14-12-. The minimum atomic E-state index is -0.840. The van der Waals surface area contributed by atoms with Crippen LogP contribution in [-0.4, -0.2) is 66.2 Å². The van der Waals surface area contributed by atoms with Crippen molar-refractivity contribution in [1.82, 2.24) is 15.5 Å². The third-order valence-electron chi connectivity index (χ3n) is 5.44. The molecule has 0 aromatic rings. The van der Waals surface area contributed by atoms with E-state index in [0.717, 1.165) is 25.7 Å². The molecular weight excluding hydrogens is 438 g/mol. The Hall–Kier alpha value is -2.58. The molecule has 1 heterocycles. The third-order valence-corrected chi connectivity index (χ3v) is 5.44. The summed E-state index contributed by atoms with van der Waals surface area (Å²) in [5.41, 5.74) is -0.674. The molecule has 2 N–H and O–H groups in total. The van der Waals surface area contributed by atoms with E-state index in [1.807, 2.05) is 19.1 Å². The SMILES string of the molecule is CCCCC/C=C\C(C)C(NC(=O)C1CCCN1C(=O)CNC(=O)OC(C)(C)C)C(=O)OCC. The minimum Gasteiger partial charge on any atom is -0.464 e. The van der Waals surface area contributed by atoms with Crippen LogP contribution in [0.4, 0.5) is 4.79 Å². The first-order valence-electron chi connectivity index (χ1n) is 12.4. The van der Waals surface area contributed by atoms with Crippen molar-refractivity contribution in [1.29, 1.82) is 0 Å². The fraction of sp³-hybridized carbons (Fsp3) is 0.760. The van der Waals surface area contributed by atoms with Gasteiger partial charge in [-0.2, -0.15) is 0 Å². The van der Waals surface area contributed by atoms with Crippen LogP contribution in [-0.2, 0) is 23.9 Å². The van der Waals surface area contributed by atoms with Crippen molar-refractivity contribution in [2.45, 2.75) is 97.8 Å². The van der Waals surface area contributed by atoms with Crippen LogP contribution in [0.2, 0.25) is 0 Å². The second kappa shape index (κ2) is 14.6. The van der Waals surface area contributed by atoms with Gasteiger partial charge in [0.2, 0.25) is 11.8 Å². The predicted octanol–water partition coefficient (Wildman–Crippen LogP) is 3.32. The molecule has 0 aliphatic carbocycles. The van der Waals surface area contributed by atoms with E-state index in [2.05, 4.69) is 17.6 Å². The molecule has 1 rings (SSSR count). The smallest absolute Gasteiger partial charge is 0.408 e. The predicted molar refractivity (Wildman–Crippen MR) is 130 cm³/mol. The molecule has 0 aromatic carbocycles. The maximum atomic E-state index is 13.1. The fourth-order valence-electron chi connectivity index (χ4n) is 3.72. The molecule has 1 aliphatic rings. The highest BCUT2D eigenvalue weighted by Gasteiger charge is 2.37. The molecular formula is C25H43N3O6. The maximum Gasteiger partial charge on any atom is 0.408 e. The van der Waals surface area contributed by atoms with Gasteiger partial charge in [0.1, 0.15) is 24.2 Å². The average Bonchev–Trinajstić information content (AvgIpc) is 3.24. The number of unbranched alkanes of at least 4 members (excludes halogenated alkanes) is 3. The Morgan fingerprint density at radius 1 is 1.15 bits per heavy atom. The van der Waals surface area contributed by atoms with Crippen LogP contribution in [0, 0.1) is 5.92 Å². The van der Waals surface area contributed by atoms with Crippen LogP contribution in [0.25, 0.3) is 0 Å². The number of esters is 1. The molecule has 3 unspecified atom stereocenters. The summed E-state index contributed by atoms with van der Waals surface area (Å²) in [6.45, 7) is 11.3. The summed E-state index contributed by atoms with van der Waals surface area (Å²) in [5.74, 6) is -1.53. The molecule has 0 radical (unpaired) electrons. The molecule has 0 bridgehead atoms. The highest BCUT2D eigenvalue weighted by Crippen LogP contribution is 2.19. The first-order valence-corrected chi connectivity index (χ1v) is 12.4. The van der Waals surface area contributed by atoms with Gasteiger partial charge >= 0.3 is 12.1 Å². The van der Waals surface area contributed by atoms with Gasteiger partial charge in [0.15, 0.2) is 0 Å². The van der Waals surface area contributed by atoms with E-state index >= 15 is 0 Å². The lowest BCUT2D eigenvalue weighted by molar-refractivity contribution is -0.149. The second-order valence-corrected chi connectivity index (χ2v) is 9.62. The summed E-state index contributed by atoms with van der Waals surface area (Å²) in [6.07, 6.45) is 8.69. The summed E-state index contributed by atoms with van der Waals surface area (Å²) < 4.78 is 10.3. The van der Waals surface area contributed by atoms with Crippen LogP contribution in [0.5, 0.6) is 0 Å². The zero-order chi connectivity index (χ0) is 25.7. The van der Waals surface area contributed by atoms with Crippen molar-refractivity contribution in [2.75, 3.05) is 19.7 Å². The van der Waals surface area contributed by atoms with E-state index in [-0.39, 0.29) is 25.0 Å². The van der Waals surface area contributed by atoms with Crippen molar-refractivity contribution < 1.29 is 28.7 Å². The molecule has 0 aromatic heterocycles. The molecule has 1 saturated heterocycles. The zero-order valence-electron chi connectivity index (χ0n) is 21.6. The monoisotopic (exact) mass is 481 g/mol. The lowest BCUT2D eigenvalue weighted by Crippen LogP contribution is -2.54. The van der Waals surface area contributed by atoms with Crippen molar-refractivity contribution >= 4 is 23.9 Å². The number of nitrogens with zero attached hydrogens (tertiary/aromatic N) is 1. The van der Waals surface area contributed by atoms with Gasteiger partial charge in [-0.3, -0.25) is 9.59 Å². The van der Waals surface area contributed by atoms with E-state index < -0.39 is 35.7 Å². The fourth-order valence-corrected chi connectivity index (χ4v) is 3.72. The Labute approximate surface area is 204 Å². The Balaban J connectivity index is 2.77. The van der Waals surface area contributed by atoms with Crippen LogP contribution in [0.1, 0.15) is 80.1 Å². The maximum absolute atomic E-state index is 13.1. The number of nitrogens with one attached hydrogen (secondary N) is 2. The number of amides is 3. The lowest BCUT2D eigenvalue weighted by atomic mass is 9.99. The molecule has 0 saturated carbocycles. The normalized spacial score (nSPS) is 17.8. The largest absolute Gasteiger partial charge is 0.464 e. The summed E-state index contributed by atoms with van der Waals surface area (Å²) >= 11 is 0. The van der Waals surface area contributed by atoms with Crippen LogP contribution in [0.3, 0.4) is 0 Å². The molecule has 0 spiro atoms. The van der Waals surface area contributed by atoms with Gasteiger partial charge in [0, 0.05) is 12.5 Å². The molecule has 9 heteroatoms. The Bertz CT molecular complexity index is 716. The lowest BCUT2D eigenvalue weighted by Gasteiger charge is -2.28. The van der Waals surface area contributed by atoms with E-state index in [1.165, 1.54) is 4.90 Å². The van der Waals surface area contributed by atoms with Gasteiger partial charge in [-0.1, -0.05) is 38.8 Å². The number of hydrogen-bond donors (Lipinski definition) is 2. The van der Waals surface area contributed by atoms with E-state index in [1.54, 1.807) is 27.7 Å². The Morgan fingerprint density at radius 3 is 2.47 bits per heavy atom. The van der Waals surface area contributed by atoms with Gasteiger partial charge < -0.3 is 25.0 Å². The van der Waals surface area contributed by atoms with Gasteiger partial charge in [-0.25, -0.2) is 9.59 Å². The summed E-state index contributed by atoms with van der Waals surface area (Å²) in [5, 5.41) is 5.25. The highest BCUT2D eigenvalue weighted by molar-refractivity contribution is 5.92. The third kappa shape index (κ3) is 10.6. The molecule has 194 valence electrons. The number of ether oxygens (including phenoxy) is 2. The van der Waals surface area contributed by atoms with Gasteiger partial charge in [-0.15, -0.1) is 0 Å². The number of rotatable bonds is 12. The van der Waals surface area contributed by atoms with Gasteiger partial charge in [0.05, 0.1) is 6.61 Å². The van der Waals surface area contributed by atoms with E-state index in [4.69, 9.17) is 9.47 Å². The number of alkyl carbamates (subject to hydrolysis) is 1. The van der Waals surface area contributed by atoms with E-state index in [0.29, 0.717) is 19.4 Å². The molecule has 1 aliphatic heterocycles. The van der Waals surface area contributed by atoms with Crippen molar-refractivity contribution in [3.63, 3.8) is 0 Å². The summed E-state index contributed by atoms with van der Waals surface area (Å²) in [4.78, 5) is 51.6. The number of allylic oxidation sites excluding steroid dienone is 1. The quantitative estimate of drug-likeness (QED) is 0.251. The first kappa shape index (κ1) is 29.5. The number of carbonyl (C=O) groups is 4. The van der Waals surface area contributed by atoms with Crippen molar-refractivity contribution in [3.05, 3.63) is 12.2 Å². The van der Waals surface area contributed by atoms with Gasteiger partial charge in [0.25, 0.3) is 0 Å². The second-order valence-electron chi connectivity index (χ2n) is 9.62. The average molecular weight is 482 g/mol. The van der Waals surface area contributed by atoms with Crippen molar-refractivity contribution in [2.24, 2.45) is 5.92 Å². The molecule has 9 nitrogen and oxygen atoms in total. The molecule has 34 heavy (non-hydrogen) atoms. The molecule has 1 fully saturated rings. The number of carbonyl (C=O) groups excluding carboxylic acids is 4. The van der Waals surface area contributed by atoms with E-state index in [9.17, 15) is 19.2 Å². The zero-order valence-corrected chi connectivity index (χ0v) is 21.6. The Morgan fingerprint density at radius 2 is 1.85 bits per heavy atom. The minimum absolute atomic E-state index is 0.211. The topological polar surface area (TPSA) is 114 Å². The molecule has 3 atom stereocenters. The van der Waals surface area contributed by atoms with Crippen LogP contribution in [0.15, 0.2) is 12.2 Å². The molecule has 3 amide bonds. The summed E-state index contributed by atoms with van der Waals surface area (Å²) in [7, 11) is 0. The van der Waals surface area contributed by atoms with Crippen LogP contribution >= 0.6 is 0 Å². The highest BCUT2D eigenvalue weighted by atomic mass is 16.6. The van der Waals surface area contributed by atoms with Crippen molar-refractivity contribution in [3.8, 4) is 0 Å².